The smallest absolute Gasteiger partial charge is 0.319 e. The van der Waals surface area contributed by atoms with E-state index in [0.717, 1.165) is 15.6 Å². The Morgan fingerprint density at radius 1 is 1.12 bits per heavy atom. The molecular weight excluding hydrogens is 384 g/mol. The highest BCUT2D eigenvalue weighted by Crippen LogP contribution is 2.37. The van der Waals surface area contributed by atoms with Gasteiger partial charge in [-0.25, -0.2) is 0 Å². The van der Waals surface area contributed by atoms with Crippen molar-refractivity contribution in [3.8, 4) is 11.8 Å². The third-order valence-corrected chi connectivity index (χ3v) is 4.42. The van der Waals surface area contributed by atoms with Gasteiger partial charge in [-0.2, -0.15) is 0 Å². The predicted molar refractivity (Wildman–Crippen MR) is 96.9 cm³/mol. The Labute approximate surface area is 155 Å². The van der Waals surface area contributed by atoms with Crippen LogP contribution in [0.2, 0.25) is 0 Å². The summed E-state index contributed by atoms with van der Waals surface area (Å²) in [6, 6.07) is 16.9. The minimum Gasteiger partial charge on any atom is -0.468 e. The Bertz CT molecular complexity index is 784. The summed E-state index contributed by atoms with van der Waals surface area (Å²) in [7, 11) is 1.35. The number of hydrogen-bond acceptors (Lipinski definition) is 4. The maximum absolute atomic E-state index is 12.5. The van der Waals surface area contributed by atoms with Crippen LogP contribution in [0.25, 0.3) is 0 Å². The Hall–Kier alpha value is -2.13. The van der Waals surface area contributed by atoms with Gasteiger partial charge in [0.25, 0.3) is 5.79 Å². The van der Waals surface area contributed by atoms with Gasteiger partial charge in [0.15, 0.2) is 0 Å². The highest BCUT2D eigenvalue weighted by molar-refractivity contribution is 9.10. The van der Waals surface area contributed by atoms with Crippen LogP contribution in [0.5, 0.6) is 0 Å². The van der Waals surface area contributed by atoms with E-state index >= 15 is 0 Å². The van der Waals surface area contributed by atoms with E-state index in [1.807, 2.05) is 54.6 Å². The van der Waals surface area contributed by atoms with Crippen LogP contribution < -0.4 is 0 Å². The lowest BCUT2D eigenvalue weighted by atomic mass is 9.90. The molecule has 0 saturated carbocycles. The summed E-state index contributed by atoms with van der Waals surface area (Å²) in [5.41, 5.74) is 1.54. The lowest BCUT2D eigenvalue weighted by Crippen LogP contribution is -2.41. The minimum atomic E-state index is -1.36. The van der Waals surface area contributed by atoms with Crippen LogP contribution in [0.4, 0.5) is 0 Å². The largest absolute Gasteiger partial charge is 0.468 e. The molecule has 1 aliphatic heterocycles. The van der Waals surface area contributed by atoms with E-state index in [2.05, 4.69) is 27.8 Å². The van der Waals surface area contributed by atoms with E-state index in [9.17, 15) is 4.79 Å². The molecule has 3 rings (SSSR count). The van der Waals surface area contributed by atoms with E-state index < -0.39 is 17.7 Å². The third kappa shape index (κ3) is 3.93. The predicted octanol–water partition coefficient (Wildman–Crippen LogP) is 3.50. The lowest BCUT2D eigenvalue weighted by molar-refractivity contribution is -0.167. The van der Waals surface area contributed by atoms with Crippen molar-refractivity contribution in [2.75, 3.05) is 20.3 Å². The Kier molecular flexibility index (Phi) is 5.54. The Balaban J connectivity index is 2.04. The maximum atomic E-state index is 12.5. The van der Waals surface area contributed by atoms with Crippen LogP contribution in [-0.4, -0.2) is 32.1 Å². The summed E-state index contributed by atoms with van der Waals surface area (Å²) in [6.07, 6.45) is 0. The maximum Gasteiger partial charge on any atom is 0.319 e. The number of hydrogen-bond donors (Lipinski definition) is 0. The fourth-order valence-electron chi connectivity index (χ4n) is 2.70. The molecular formula is C20H17BrO4. The number of esters is 1. The van der Waals surface area contributed by atoms with E-state index in [0.29, 0.717) is 13.2 Å². The topological polar surface area (TPSA) is 44.8 Å². The van der Waals surface area contributed by atoms with Gasteiger partial charge in [-0.05, 0) is 35.7 Å². The molecule has 0 spiro atoms. The molecule has 1 aliphatic rings. The third-order valence-electron chi connectivity index (χ3n) is 3.89. The first-order valence-electron chi connectivity index (χ1n) is 7.84. The molecule has 0 amide bonds. The van der Waals surface area contributed by atoms with E-state index in [1.54, 1.807) is 0 Å². The molecule has 1 atom stereocenters. The molecule has 128 valence electrons. The van der Waals surface area contributed by atoms with Crippen LogP contribution >= 0.6 is 15.9 Å². The van der Waals surface area contributed by atoms with Gasteiger partial charge in [-0.1, -0.05) is 52.2 Å². The lowest BCUT2D eigenvalue weighted by Gasteiger charge is -2.29. The first kappa shape index (κ1) is 17.7. The number of carbonyl (C=O) groups excluding carboxylic acids is 1. The second kappa shape index (κ2) is 7.83. The summed E-state index contributed by atoms with van der Waals surface area (Å²) in [5.74, 6) is 3.47. The number of halogens is 1. The SMILES string of the molecule is COC(=O)[C@@H](c1ccc(Br)cc1)C1(C#Cc2ccccc2)OCCO1. The molecule has 25 heavy (non-hydrogen) atoms. The van der Waals surface area contributed by atoms with Crippen molar-refractivity contribution in [1.29, 1.82) is 0 Å². The normalized spacial score (nSPS) is 16.6. The molecule has 1 heterocycles. The molecule has 2 aromatic rings. The number of methoxy groups -OCH3 is 1. The molecule has 1 fully saturated rings. The molecule has 1 saturated heterocycles. The summed E-state index contributed by atoms with van der Waals surface area (Å²) < 4.78 is 17.6. The monoisotopic (exact) mass is 400 g/mol. The molecule has 0 bridgehead atoms. The van der Waals surface area contributed by atoms with Crippen molar-refractivity contribution in [2.24, 2.45) is 0 Å². The number of benzene rings is 2. The molecule has 0 aromatic heterocycles. The molecule has 4 nitrogen and oxygen atoms in total. The second-order valence-corrected chi connectivity index (χ2v) is 6.40. The van der Waals surface area contributed by atoms with Crippen molar-refractivity contribution < 1.29 is 19.0 Å². The van der Waals surface area contributed by atoms with Crippen LogP contribution in [0.1, 0.15) is 17.0 Å². The van der Waals surface area contributed by atoms with E-state index in [4.69, 9.17) is 14.2 Å². The highest BCUT2D eigenvalue weighted by atomic mass is 79.9. The average Bonchev–Trinajstić information content (AvgIpc) is 3.12. The number of carbonyl (C=O) groups is 1. The summed E-state index contributed by atoms with van der Waals surface area (Å²) in [6.45, 7) is 0.737. The number of rotatable bonds is 3. The fourth-order valence-corrected chi connectivity index (χ4v) is 2.97. The molecule has 5 heteroatoms. The summed E-state index contributed by atoms with van der Waals surface area (Å²) >= 11 is 3.40. The van der Waals surface area contributed by atoms with Crippen LogP contribution in [0, 0.1) is 11.8 Å². The van der Waals surface area contributed by atoms with Gasteiger partial charge in [0, 0.05) is 10.0 Å². The van der Waals surface area contributed by atoms with Crippen molar-refractivity contribution >= 4 is 21.9 Å². The standard InChI is InChI=1S/C20H17BrO4/c1-23-19(22)18(16-7-9-17(21)10-8-16)20(24-13-14-25-20)12-11-15-5-3-2-4-6-15/h2-10,18H,13-14H2,1H3/t18-/m1/s1. The van der Waals surface area contributed by atoms with Crippen molar-refractivity contribution in [3.63, 3.8) is 0 Å². The van der Waals surface area contributed by atoms with Gasteiger partial charge in [0.05, 0.1) is 20.3 Å². The average molecular weight is 401 g/mol. The second-order valence-electron chi connectivity index (χ2n) is 5.49. The Morgan fingerprint density at radius 2 is 1.76 bits per heavy atom. The minimum absolute atomic E-state index is 0.369. The molecule has 0 unspecified atom stereocenters. The quantitative estimate of drug-likeness (QED) is 0.584. The van der Waals surface area contributed by atoms with Gasteiger partial charge >= 0.3 is 5.97 Å². The van der Waals surface area contributed by atoms with Crippen LogP contribution in [0.15, 0.2) is 59.1 Å². The van der Waals surface area contributed by atoms with Crippen molar-refractivity contribution in [2.45, 2.75) is 11.7 Å². The van der Waals surface area contributed by atoms with Crippen molar-refractivity contribution in [1.82, 2.24) is 0 Å². The van der Waals surface area contributed by atoms with E-state index in [1.165, 1.54) is 7.11 Å². The zero-order valence-electron chi connectivity index (χ0n) is 13.7. The Morgan fingerprint density at radius 3 is 2.36 bits per heavy atom. The fraction of sp³-hybridized carbons (Fsp3) is 0.250. The molecule has 0 N–H and O–H groups in total. The summed E-state index contributed by atoms with van der Waals surface area (Å²) in [4.78, 5) is 12.5. The first-order chi connectivity index (χ1) is 12.1. The van der Waals surface area contributed by atoms with Gasteiger partial charge in [-0.3, -0.25) is 4.79 Å². The first-order valence-corrected chi connectivity index (χ1v) is 8.63. The number of ether oxygens (including phenoxy) is 3. The van der Waals surface area contributed by atoms with Crippen LogP contribution in [-0.2, 0) is 19.0 Å². The zero-order chi connectivity index (χ0) is 17.7. The van der Waals surface area contributed by atoms with E-state index in [-0.39, 0.29) is 0 Å². The van der Waals surface area contributed by atoms with Gasteiger partial charge in [0.2, 0.25) is 0 Å². The van der Waals surface area contributed by atoms with Gasteiger partial charge in [0.1, 0.15) is 5.92 Å². The molecule has 0 radical (unpaired) electrons. The van der Waals surface area contributed by atoms with Gasteiger partial charge in [-0.15, -0.1) is 0 Å². The summed E-state index contributed by atoms with van der Waals surface area (Å²) in [5, 5.41) is 0. The molecule has 0 aliphatic carbocycles. The molecule has 2 aromatic carbocycles. The van der Waals surface area contributed by atoms with Crippen LogP contribution in [0.3, 0.4) is 0 Å². The van der Waals surface area contributed by atoms with Crippen molar-refractivity contribution in [3.05, 3.63) is 70.2 Å². The highest BCUT2D eigenvalue weighted by Gasteiger charge is 2.49. The zero-order valence-corrected chi connectivity index (χ0v) is 15.3. The van der Waals surface area contributed by atoms with Gasteiger partial charge < -0.3 is 14.2 Å².